The molecule has 0 amide bonds. The van der Waals surface area contributed by atoms with Crippen molar-refractivity contribution in [2.75, 3.05) is 54.8 Å². The average Bonchev–Trinajstić information content (AvgIpc) is 3.33. The number of halogens is 5. The van der Waals surface area contributed by atoms with Crippen LogP contribution in [0.25, 0.3) is 11.3 Å². The number of ether oxygens (including phenoxy) is 1. The minimum absolute atomic E-state index is 0.0872. The number of nitrogens with zero attached hydrogens (tertiary/aromatic N) is 6. The third-order valence-electron chi connectivity index (χ3n) is 6.41. The topological polar surface area (TPSA) is 83.6 Å². The van der Waals surface area contributed by atoms with Crippen LogP contribution in [0.4, 0.5) is 39.5 Å². The predicted octanol–water partition coefficient (Wildman–Crippen LogP) is 2.80. The molecule has 3 fully saturated rings. The van der Waals surface area contributed by atoms with Gasteiger partial charge in [-0.15, -0.1) is 0 Å². The Hall–Kier alpha value is -2.96. The van der Waals surface area contributed by atoms with Gasteiger partial charge in [-0.2, -0.15) is 13.8 Å². The highest BCUT2D eigenvalue weighted by atomic mass is 19.3. The second-order valence-electron chi connectivity index (χ2n) is 8.86. The molecule has 0 radical (unpaired) electrons. The van der Waals surface area contributed by atoms with Crippen molar-refractivity contribution in [3.05, 3.63) is 18.3 Å². The summed E-state index contributed by atoms with van der Waals surface area (Å²) < 4.78 is 71.2. The van der Waals surface area contributed by atoms with Crippen LogP contribution in [-0.2, 0) is 0 Å². The molecule has 5 heterocycles. The van der Waals surface area contributed by atoms with E-state index in [9.17, 15) is 22.0 Å². The zero-order valence-electron chi connectivity index (χ0n) is 18.2. The maximum Gasteiger partial charge on any atom is 0.387 e. The zero-order chi connectivity index (χ0) is 24.0. The van der Waals surface area contributed by atoms with E-state index in [0.717, 1.165) is 0 Å². The molecule has 0 aliphatic carbocycles. The second kappa shape index (κ2) is 8.67. The average molecular weight is 485 g/mol. The van der Waals surface area contributed by atoms with E-state index in [1.807, 2.05) is 4.90 Å². The van der Waals surface area contributed by atoms with Crippen molar-refractivity contribution in [1.29, 1.82) is 0 Å². The number of anilines is 3. The molecular weight excluding hydrogens is 461 g/mol. The van der Waals surface area contributed by atoms with Crippen LogP contribution in [0.5, 0.6) is 5.75 Å². The first-order valence-corrected chi connectivity index (χ1v) is 11.0. The fourth-order valence-corrected chi connectivity index (χ4v) is 4.51. The first-order chi connectivity index (χ1) is 16.2. The molecule has 0 spiro atoms. The van der Waals surface area contributed by atoms with E-state index in [1.165, 1.54) is 17.2 Å². The Morgan fingerprint density at radius 2 is 1.88 bits per heavy atom. The third-order valence-corrected chi connectivity index (χ3v) is 6.41. The van der Waals surface area contributed by atoms with Gasteiger partial charge in [0.15, 0.2) is 11.6 Å². The molecule has 1 unspecified atom stereocenters. The molecule has 2 N–H and O–H groups in total. The summed E-state index contributed by atoms with van der Waals surface area (Å²) >= 11 is 0. The Morgan fingerprint density at radius 3 is 2.53 bits per heavy atom. The monoisotopic (exact) mass is 485 g/mol. The molecule has 34 heavy (non-hydrogen) atoms. The molecular formula is C21H24F5N7O. The van der Waals surface area contributed by atoms with Gasteiger partial charge in [-0.05, 0) is 12.5 Å². The maximum atomic E-state index is 13.9. The Bertz CT molecular complexity index is 1050. The molecule has 3 aliphatic rings. The quantitative estimate of drug-likeness (QED) is 0.626. The van der Waals surface area contributed by atoms with Gasteiger partial charge in [0.2, 0.25) is 5.95 Å². The minimum Gasteiger partial charge on any atom is -0.431 e. The van der Waals surface area contributed by atoms with E-state index in [0.29, 0.717) is 49.7 Å². The number of pyridine rings is 1. The van der Waals surface area contributed by atoms with Gasteiger partial charge in [-0.25, -0.2) is 23.1 Å². The normalized spacial score (nSPS) is 23.1. The standard InChI is InChI=1S/C21H24F5N7O/c22-13-1-3-31(8-13)14-9-33(10-14)17-6-15(12-5-16(34-19(23)24)18(27)28-7-12)29-20(30-17)32-4-2-21(25,26)11-32/h5-7,13-14,19H,1-4,8-11H2,(H2,27,28). The first kappa shape index (κ1) is 22.8. The molecule has 8 nitrogen and oxygen atoms in total. The molecule has 0 saturated carbocycles. The van der Waals surface area contributed by atoms with Gasteiger partial charge in [-0.3, -0.25) is 4.90 Å². The largest absolute Gasteiger partial charge is 0.431 e. The number of nitrogens with two attached hydrogens (primary N) is 1. The Balaban J connectivity index is 1.44. The van der Waals surface area contributed by atoms with Crippen LogP contribution in [0.2, 0.25) is 0 Å². The number of alkyl halides is 5. The number of hydrogen-bond acceptors (Lipinski definition) is 8. The minimum atomic E-state index is -3.09. The van der Waals surface area contributed by atoms with Crippen molar-refractivity contribution in [1.82, 2.24) is 19.9 Å². The van der Waals surface area contributed by atoms with Crippen LogP contribution in [0, 0.1) is 0 Å². The SMILES string of the molecule is Nc1ncc(-c2cc(N3CC(N4CCC(F)C4)C3)nc(N3CCC(F)(F)C3)n2)cc1OC(F)F. The van der Waals surface area contributed by atoms with Gasteiger partial charge in [-0.1, -0.05) is 0 Å². The van der Waals surface area contributed by atoms with Gasteiger partial charge in [0.25, 0.3) is 5.92 Å². The number of aromatic nitrogens is 3. The van der Waals surface area contributed by atoms with Crippen molar-refractivity contribution in [3.8, 4) is 17.0 Å². The number of rotatable bonds is 6. The fourth-order valence-electron chi connectivity index (χ4n) is 4.51. The summed E-state index contributed by atoms with van der Waals surface area (Å²) in [5.74, 6) is -2.73. The summed E-state index contributed by atoms with van der Waals surface area (Å²) in [6, 6.07) is 3.12. The van der Waals surface area contributed by atoms with Gasteiger partial charge < -0.3 is 20.3 Å². The van der Waals surface area contributed by atoms with E-state index in [1.54, 1.807) is 6.07 Å². The van der Waals surface area contributed by atoms with Crippen molar-refractivity contribution in [2.24, 2.45) is 0 Å². The van der Waals surface area contributed by atoms with E-state index in [-0.39, 0.29) is 36.5 Å². The molecule has 2 aromatic rings. The summed E-state index contributed by atoms with van der Waals surface area (Å²) in [4.78, 5) is 18.3. The molecule has 0 bridgehead atoms. The van der Waals surface area contributed by atoms with Gasteiger partial charge in [0.1, 0.15) is 12.0 Å². The van der Waals surface area contributed by atoms with Gasteiger partial charge >= 0.3 is 6.61 Å². The van der Waals surface area contributed by atoms with E-state index < -0.39 is 25.3 Å². The predicted molar refractivity (Wildman–Crippen MR) is 115 cm³/mol. The lowest BCUT2D eigenvalue weighted by Crippen LogP contribution is -2.59. The summed E-state index contributed by atoms with van der Waals surface area (Å²) in [5, 5.41) is 0. The van der Waals surface area contributed by atoms with Gasteiger partial charge in [0.05, 0.1) is 12.2 Å². The smallest absolute Gasteiger partial charge is 0.387 e. The van der Waals surface area contributed by atoms with Crippen LogP contribution in [-0.4, -0.2) is 83.9 Å². The van der Waals surface area contributed by atoms with Crippen molar-refractivity contribution >= 4 is 17.6 Å². The molecule has 3 aliphatic heterocycles. The highest BCUT2D eigenvalue weighted by molar-refractivity contribution is 5.68. The molecule has 0 aromatic carbocycles. The molecule has 5 rings (SSSR count). The van der Waals surface area contributed by atoms with E-state index >= 15 is 0 Å². The van der Waals surface area contributed by atoms with Crippen LogP contribution < -0.4 is 20.3 Å². The first-order valence-electron chi connectivity index (χ1n) is 11.0. The molecule has 13 heteroatoms. The Morgan fingerprint density at radius 1 is 1.09 bits per heavy atom. The van der Waals surface area contributed by atoms with Crippen LogP contribution >= 0.6 is 0 Å². The maximum absolute atomic E-state index is 13.9. The van der Waals surface area contributed by atoms with Crippen LogP contribution in [0.1, 0.15) is 12.8 Å². The number of likely N-dealkylation sites (tertiary alicyclic amines) is 1. The van der Waals surface area contributed by atoms with E-state index in [2.05, 4.69) is 24.6 Å². The summed E-state index contributed by atoms with van der Waals surface area (Å²) in [7, 11) is 0. The summed E-state index contributed by atoms with van der Waals surface area (Å²) in [6.07, 6.45) is 0.754. The lowest BCUT2D eigenvalue weighted by atomic mass is 10.1. The van der Waals surface area contributed by atoms with E-state index in [4.69, 9.17) is 5.73 Å². The highest BCUT2D eigenvalue weighted by Gasteiger charge is 2.40. The zero-order valence-corrected chi connectivity index (χ0v) is 18.2. The summed E-state index contributed by atoms with van der Waals surface area (Å²) in [5.41, 5.74) is 6.28. The van der Waals surface area contributed by atoms with Crippen molar-refractivity contribution < 1.29 is 26.7 Å². The van der Waals surface area contributed by atoms with Crippen LogP contribution in [0.3, 0.4) is 0 Å². The Labute approximate surface area is 192 Å². The van der Waals surface area contributed by atoms with Crippen molar-refractivity contribution in [3.63, 3.8) is 0 Å². The second-order valence-corrected chi connectivity index (χ2v) is 8.86. The Kier molecular flexibility index (Phi) is 5.82. The van der Waals surface area contributed by atoms with Crippen LogP contribution in [0.15, 0.2) is 18.3 Å². The number of nitrogen functional groups attached to an aromatic ring is 1. The molecule has 184 valence electrons. The third kappa shape index (κ3) is 4.65. The molecule has 2 aromatic heterocycles. The molecule has 3 saturated heterocycles. The van der Waals surface area contributed by atoms with Gasteiger partial charge in [0, 0.05) is 63.0 Å². The van der Waals surface area contributed by atoms with Crippen molar-refractivity contribution in [2.45, 2.75) is 37.6 Å². The lowest BCUT2D eigenvalue weighted by Gasteiger charge is -2.44. The fraction of sp³-hybridized carbons (Fsp3) is 0.571. The molecule has 1 atom stereocenters. The number of hydrogen-bond donors (Lipinski definition) is 1. The highest BCUT2D eigenvalue weighted by Crippen LogP contribution is 2.35. The summed E-state index contributed by atoms with van der Waals surface area (Å²) in [6.45, 7) is -1.18. The lowest BCUT2D eigenvalue weighted by molar-refractivity contribution is -0.0494.